The van der Waals surface area contributed by atoms with Gasteiger partial charge >= 0.3 is 0 Å². The molecule has 0 aliphatic rings. The van der Waals surface area contributed by atoms with E-state index < -0.39 is 0 Å². The van der Waals surface area contributed by atoms with Crippen LogP contribution in [0.3, 0.4) is 0 Å². The summed E-state index contributed by atoms with van der Waals surface area (Å²) in [6.45, 7) is 6.11. The molecule has 5 nitrogen and oxygen atoms in total. The van der Waals surface area contributed by atoms with E-state index in [9.17, 15) is 4.79 Å². The Morgan fingerprint density at radius 3 is 2.35 bits per heavy atom. The van der Waals surface area contributed by atoms with E-state index in [-0.39, 0.29) is 5.91 Å². The molecule has 0 aliphatic carbocycles. The van der Waals surface area contributed by atoms with Crippen molar-refractivity contribution >= 4 is 11.9 Å². The van der Waals surface area contributed by atoms with Gasteiger partial charge < -0.3 is 10.2 Å². The van der Waals surface area contributed by atoms with Crippen molar-refractivity contribution in [2.75, 3.05) is 25.0 Å². The second-order valence-electron chi connectivity index (χ2n) is 5.29. The van der Waals surface area contributed by atoms with Gasteiger partial charge in [0.1, 0.15) is 0 Å². The van der Waals surface area contributed by atoms with Crippen LogP contribution in [0.15, 0.2) is 42.7 Å². The lowest BCUT2D eigenvalue weighted by Gasteiger charge is -2.18. The van der Waals surface area contributed by atoms with Crippen LogP contribution in [-0.2, 0) is 6.42 Å². The van der Waals surface area contributed by atoms with E-state index in [1.807, 2.05) is 19.9 Å². The Labute approximate surface area is 137 Å². The van der Waals surface area contributed by atoms with Crippen molar-refractivity contribution in [3.63, 3.8) is 0 Å². The predicted octanol–water partition coefficient (Wildman–Crippen LogP) is 3.00. The van der Waals surface area contributed by atoms with E-state index in [0.717, 1.165) is 19.4 Å². The first kappa shape index (κ1) is 16.9. The number of hydrogen-bond acceptors (Lipinski definition) is 4. The van der Waals surface area contributed by atoms with Crippen molar-refractivity contribution < 1.29 is 4.79 Å². The zero-order chi connectivity index (χ0) is 16.5. The van der Waals surface area contributed by atoms with Gasteiger partial charge in [0.15, 0.2) is 0 Å². The largest absolute Gasteiger partial charge is 0.354 e. The first-order chi connectivity index (χ1) is 11.2. The molecule has 0 atom stereocenters. The molecular weight excluding hydrogens is 288 g/mol. The normalized spacial score (nSPS) is 10.3. The van der Waals surface area contributed by atoms with E-state index in [4.69, 9.17) is 0 Å². The standard InChI is InChI=1S/C18H24N4O/c1-3-22(4-2)17(23)16-13-20-18(21-14-16)19-12-8-11-15-9-6-5-7-10-15/h5-7,9-10,13-14H,3-4,8,11-12H2,1-2H3,(H,19,20,21). The monoisotopic (exact) mass is 312 g/mol. The lowest BCUT2D eigenvalue weighted by atomic mass is 10.1. The number of carbonyl (C=O) groups is 1. The number of carbonyl (C=O) groups excluding carboxylic acids is 1. The minimum Gasteiger partial charge on any atom is -0.354 e. The predicted molar refractivity (Wildman–Crippen MR) is 92.5 cm³/mol. The van der Waals surface area contributed by atoms with Crippen molar-refractivity contribution in [2.45, 2.75) is 26.7 Å². The number of hydrogen-bond donors (Lipinski definition) is 1. The molecule has 1 aromatic carbocycles. The van der Waals surface area contributed by atoms with Crippen LogP contribution in [0.4, 0.5) is 5.95 Å². The average Bonchev–Trinajstić information content (AvgIpc) is 2.61. The van der Waals surface area contributed by atoms with Crippen molar-refractivity contribution in [3.05, 3.63) is 53.9 Å². The van der Waals surface area contributed by atoms with Crippen LogP contribution >= 0.6 is 0 Å². The minimum absolute atomic E-state index is 0.0226. The quantitative estimate of drug-likeness (QED) is 0.761. The van der Waals surface area contributed by atoms with Crippen LogP contribution in [0.5, 0.6) is 0 Å². The van der Waals surface area contributed by atoms with E-state index in [1.54, 1.807) is 17.3 Å². The first-order valence-electron chi connectivity index (χ1n) is 8.13. The van der Waals surface area contributed by atoms with Crippen molar-refractivity contribution in [2.24, 2.45) is 0 Å². The number of nitrogens with zero attached hydrogens (tertiary/aromatic N) is 3. The number of amides is 1. The molecule has 1 N–H and O–H groups in total. The zero-order valence-electron chi connectivity index (χ0n) is 13.8. The summed E-state index contributed by atoms with van der Waals surface area (Å²) >= 11 is 0. The summed E-state index contributed by atoms with van der Waals surface area (Å²) < 4.78 is 0. The second kappa shape index (κ2) is 8.88. The molecule has 1 amide bonds. The smallest absolute Gasteiger partial charge is 0.256 e. The van der Waals surface area contributed by atoms with Crippen molar-refractivity contribution in [1.29, 1.82) is 0 Å². The van der Waals surface area contributed by atoms with Gasteiger partial charge in [0.25, 0.3) is 5.91 Å². The Morgan fingerprint density at radius 2 is 1.74 bits per heavy atom. The fourth-order valence-corrected chi connectivity index (χ4v) is 2.36. The van der Waals surface area contributed by atoms with Gasteiger partial charge in [0.2, 0.25) is 5.95 Å². The van der Waals surface area contributed by atoms with Gasteiger partial charge in [-0.25, -0.2) is 9.97 Å². The number of aryl methyl sites for hydroxylation is 1. The van der Waals surface area contributed by atoms with E-state index in [2.05, 4.69) is 39.6 Å². The molecule has 0 saturated carbocycles. The summed E-state index contributed by atoms with van der Waals surface area (Å²) in [7, 11) is 0. The molecule has 0 unspecified atom stereocenters. The van der Waals surface area contributed by atoms with Gasteiger partial charge in [-0.05, 0) is 32.3 Å². The molecular formula is C18H24N4O. The molecule has 1 aromatic heterocycles. The molecule has 0 fully saturated rings. The zero-order valence-corrected chi connectivity index (χ0v) is 13.8. The molecule has 2 aromatic rings. The molecule has 0 bridgehead atoms. The Balaban J connectivity index is 1.80. The van der Waals surface area contributed by atoms with Gasteiger partial charge in [-0.15, -0.1) is 0 Å². The van der Waals surface area contributed by atoms with Crippen LogP contribution < -0.4 is 5.32 Å². The average molecular weight is 312 g/mol. The van der Waals surface area contributed by atoms with Gasteiger partial charge in [0.05, 0.1) is 5.56 Å². The maximum Gasteiger partial charge on any atom is 0.256 e. The second-order valence-corrected chi connectivity index (χ2v) is 5.29. The molecule has 0 radical (unpaired) electrons. The van der Waals surface area contributed by atoms with Crippen LogP contribution in [0, 0.1) is 0 Å². The lowest BCUT2D eigenvalue weighted by molar-refractivity contribution is 0.0772. The van der Waals surface area contributed by atoms with E-state index in [0.29, 0.717) is 24.6 Å². The lowest BCUT2D eigenvalue weighted by Crippen LogP contribution is -2.30. The minimum atomic E-state index is -0.0226. The third kappa shape index (κ3) is 5.06. The summed E-state index contributed by atoms with van der Waals surface area (Å²) in [5, 5.41) is 3.19. The van der Waals surface area contributed by atoms with Gasteiger partial charge in [0, 0.05) is 32.0 Å². The van der Waals surface area contributed by atoms with Crippen molar-refractivity contribution in [1.82, 2.24) is 14.9 Å². The molecule has 0 saturated heterocycles. The van der Waals surface area contributed by atoms with E-state index >= 15 is 0 Å². The van der Waals surface area contributed by atoms with Gasteiger partial charge in [-0.1, -0.05) is 30.3 Å². The third-order valence-corrected chi connectivity index (χ3v) is 3.72. The summed E-state index contributed by atoms with van der Waals surface area (Å²) in [4.78, 5) is 22.4. The number of rotatable bonds is 8. The highest BCUT2D eigenvalue weighted by Crippen LogP contribution is 2.06. The van der Waals surface area contributed by atoms with Crippen LogP contribution in [-0.4, -0.2) is 40.4 Å². The Hall–Kier alpha value is -2.43. The molecule has 0 aliphatic heterocycles. The highest BCUT2D eigenvalue weighted by Gasteiger charge is 2.13. The number of aromatic nitrogens is 2. The van der Waals surface area contributed by atoms with Crippen LogP contribution in [0.25, 0.3) is 0 Å². The van der Waals surface area contributed by atoms with Crippen molar-refractivity contribution in [3.8, 4) is 0 Å². The fourth-order valence-electron chi connectivity index (χ4n) is 2.36. The Kier molecular flexibility index (Phi) is 6.54. The maximum atomic E-state index is 12.2. The molecule has 0 spiro atoms. The number of benzene rings is 1. The van der Waals surface area contributed by atoms with Crippen LogP contribution in [0.2, 0.25) is 0 Å². The molecule has 122 valence electrons. The molecule has 23 heavy (non-hydrogen) atoms. The Bertz CT molecular complexity index is 594. The highest BCUT2D eigenvalue weighted by atomic mass is 16.2. The summed E-state index contributed by atoms with van der Waals surface area (Å²) in [5.41, 5.74) is 1.86. The Morgan fingerprint density at radius 1 is 1.09 bits per heavy atom. The topological polar surface area (TPSA) is 58.1 Å². The highest BCUT2D eigenvalue weighted by molar-refractivity contribution is 5.93. The summed E-state index contributed by atoms with van der Waals surface area (Å²) in [5.74, 6) is 0.541. The summed E-state index contributed by atoms with van der Waals surface area (Å²) in [6, 6.07) is 10.4. The molecule has 2 rings (SSSR count). The molecule has 1 heterocycles. The SMILES string of the molecule is CCN(CC)C(=O)c1cnc(NCCCc2ccccc2)nc1. The van der Waals surface area contributed by atoms with Gasteiger partial charge in [-0.3, -0.25) is 4.79 Å². The number of anilines is 1. The fraction of sp³-hybridized carbons (Fsp3) is 0.389. The van der Waals surface area contributed by atoms with Crippen LogP contribution in [0.1, 0.15) is 36.2 Å². The first-order valence-corrected chi connectivity index (χ1v) is 8.13. The number of nitrogens with one attached hydrogen (secondary N) is 1. The maximum absolute atomic E-state index is 12.2. The molecule has 5 heteroatoms. The summed E-state index contributed by atoms with van der Waals surface area (Å²) in [6.07, 6.45) is 5.21. The van der Waals surface area contributed by atoms with E-state index in [1.165, 1.54) is 5.56 Å². The third-order valence-electron chi connectivity index (χ3n) is 3.72. The van der Waals surface area contributed by atoms with Gasteiger partial charge in [-0.2, -0.15) is 0 Å².